The Hall–Kier alpha value is -3.27. The van der Waals surface area contributed by atoms with Crippen molar-refractivity contribution in [2.75, 3.05) is 0 Å². The molecule has 1 amide bonds. The van der Waals surface area contributed by atoms with Gasteiger partial charge in [-0.1, -0.05) is 66.5 Å². The molecule has 0 fully saturated rings. The van der Waals surface area contributed by atoms with Gasteiger partial charge >= 0.3 is 0 Å². The van der Waals surface area contributed by atoms with Crippen LogP contribution in [-0.2, 0) is 13.0 Å². The van der Waals surface area contributed by atoms with Crippen LogP contribution in [0.15, 0.2) is 72.8 Å². The number of hydrogen-bond acceptors (Lipinski definition) is 1. The first-order valence-corrected chi connectivity index (χ1v) is 11.5. The molecule has 1 heterocycles. The van der Waals surface area contributed by atoms with Crippen molar-refractivity contribution in [2.24, 2.45) is 5.73 Å². The number of fused-ring (bicyclic) bond motifs is 3. The quantitative estimate of drug-likeness (QED) is 0.287. The van der Waals surface area contributed by atoms with E-state index in [0.29, 0.717) is 22.2 Å². The van der Waals surface area contributed by atoms with Gasteiger partial charge < -0.3 is 10.3 Å². The molecule has 33 heavy (non-hydrogen) atoms. The van der Waals surface area contributed by atoms with Crippen molar-refractivity contribution < 1.29 is 4.79 Å². The fourth-order valence-corrected chi connectivity index (χ4v) is 5.10. The summed E-state index contributed by atoms with van der Waals surface area (Å²) in [6, 6.07) is 27.0. The van der Waals surface area contributed by atoms with Gasteiger partial charge in [-0.3, -0.25) is 4.79 Å². The lowest BCUT2D eigenvalue weighted by Gasteiger charge is -2.11. The van der Waals surface area contributed by atoms with Crippen LogP contribution in [0.5, 0.6) is 0 Å². The Kier molecular flexibility index (Phi) is 5.61. The van der Waals surface area contributed by atoms with Crippen LogP contribution in [0.25, 0.3) is 32.9 Å². The molecule has 0 atom stereocenters. The average molecular weight is 472 g/mol. The number of aromatic nitrogens is 1. The molecule has 0 bridgehead atoms. The van der Waals surface area contributed by atoms with Crippen molar-refractivity contribution in [3.63, 3.8) is 0 Å². The van der Waals surface area contributed by atoms with E-state index in [9.17, 15) is 4.79 Å². The number of rotatable bonds is 5. The summed E-state index contributed by atoms with van der Waals surface area (Å²) in [4.78, 5) is 12.3. The maximum atomic E-state index is 12.3. The molecule has 0 unspecified atom stereocenters. The molecular weight excluding hydrogens is 451 g/mol. The van der Waals surface area contributed by atoms with Gasteiger partial charge in [-0.15, -0.1) is 0 Å². The van der Waals surface area contributed by atoms with Crippen LogP contribution in [0, 0.1) is 6.07 Å². The van der Waals surface area contributed by atoms with Crippen LogP contribution in [0.3, 0.4) is 0 Å². The lowest BCUT2D eigenvalue weighted by atomic mass is 10.0. The lowest BCUT2D eigenvalue weighted by molar-refractivity contribution is 0.100. The van der Waals surface area contributed by atoms with Crippen LogP contribution in [-0.4, -0.2) is 10.5 Å². The summed E-state index contributed by atoms with van der Waals surface area (Å²) in [5.74, 6) is -0.459. The van der Waals surface area contributed by atoms with Gasteiger partial charge in [-0.05, 0) is 65.6 Å². The number of amides is 1. The van der Waals surface area contributed by atoms with Crippen LogP contribution in [0.2, 0.25) is 10.0 Å². The zero-order chi connectivity index (χ0) is 23.1. The molecule has 0 saturated heterocycles. The van der Waals surface area contributed by atoms with Crippen molar-refractivity contribution in [1.29, 1.82) is 0 Å². The third kappa shape index (κ3) is 3.78. The molecule has 163 valence electrons. The first-order chi connectivity index (χ1) is 16.0. The summed E-state index contributed by atoms with van der Waals surface area (Å²) in [5, 5.41) is 2.80. The normalized spacial score (nSPS) is 11.4. The number of nitrogens with two attached hydrogens (primary N) is 1. The molecule has 5 heteroatoms. The van der Waals surface area contributed by atoms with E-state index in [2.05, 4.69) is 47.9 Å². The number of hydrogen-bond donors (Lipinski definition) is 1. The summed E-state index contributed by atoms with van der Waals surface area (Å²) in [6.07, 6.45) is 0.968. The van der Waals surface area contributed by atoms with E-state index in [0.717, 1.165) is 39.4 Å². The van der Waals surface area contributed by atoms with Crippen molar-refractivity contribution in [3.8, 4) is 11.1 Å². The predicted octanol–water partition coefficient (Wildman–Crippen LogP) is 7.28. The Morgan fingerprint density at radius 2 is 1.64 bits per heavy atom. The first kappa shape index (κ1) is 21.6. The topological polar surface area (TPSA) is 48.0 Å². The smallest absolute Gasteiger partial charge is 0.249 e. The number of carbonyl (C=O) groups excluding carboxylic acids is 1. The number of aryl methyl sites for hydroxylation is 1. The average Bonchev–Trinajstić information content (AvgIpc) is 3.12. The van der Waals surface area contributed by atoms with Crippen LogP contribution < -0.4 is 5.73 Å². The number of benzene rings is 4. The number of carbonyl (C=O) groups is 1. The van der Waals surface area contributed by atoms with Crippen molar-refractivity contribution in [2.45, 2.75) is 19.9 Å². The molecule has 4 aromatic carbocycles. The number of halogens is 2. The summed E-state index contributed by atoms with van der Waals surface area (Å²) in [7, 11) is 0. The highest BCUT2D eigenvalue weighted by Gasteiger charge is 2.18. The van der Waals surface area contributed by atoms with Crippen LogP contribution >= 0.6 is 23.2 Å². The monoisotopic (exact) mass is 471 g/mol. The maximum absolute atomic E-state index is 12.3. The molecule has 3 nitrogen and oxygen atoms in total. The molecule has 5 aromatic rings. The van der Waals surface area contributed by atoms with Crippen molar-refractivity contribution in [1.82, 2.24) is 4.57 Å². The van der Waals surface area contributed by atoms with E-state index < -0.39 is 5.91 Å². The Labute approximate surface area is 202 Å². The van der Waals surface area contributed by atoms with Gasteiger partial charge in [0.05, 0.1) is 11.0 Å². The third-order valence-electron chi connectivity index (χ3n) is 6.05. The van der Waals surface area contributed by atoms with Crippen molar-refractivity contribution in [3.05, 3.63) is 106 Å². The lowest BCUT2D eigenvalue weighted by Crippen LogP contribution is -2.11. The fraction of sp³-hybridized carbons (Fsp3) is 0.107. The summed E-state index contributed by atoms with van der Waals surface area (Å²) < 4.78 is 2.20. The molecule has 0 aliphatic rings. The second kappa shape index (κ2) is 8.58. The Balaban J connectivity index is 1.81. The van der Waals surface area contributed by atoms with E-state index in [4.69, 9.17) is 28.9 Å². The Bertz CT molecular complexity index is 1510. The van der Waals surface area contributed by atoms with Gasteiger partial charge in [0.2, 0.25) is 5.91 Å². The predicted molar refractivity (Wildman–Crippen MR) is 137 cm³/mol. The third-order valence-corrected chi connectivity index (χ3v) is 6.68. The number of nitrogens with zero attached hydrogens (tertiary/aromatic N) is 1. The van der Waals surface area contributed by atoms with Crippen LogP contribution in [0.1, 0.15) is 28.4 Å². The van der Waals surface area contributed by atoms with E-state index in [1.165, 1.54) is 11.1 Å². The van der Waals surface area contributed by atoms with Crippen LogP contribution in [0.4, 0.5) is 0 Å². The zero-order valence-electron chi connectivity index (χ0n) is 18.0. The van der Waals surface area contributed by atoms with E-state index in [1.54, 1.807) is 6.07 Å². The van der Waals surface area contributed by atoms with Crippen molar-refractivity contribution >= 4 is 50.9 Å². The van der Waals surface area contributed by atoms with Gasteiger partial charge in [0.1, 0.15) is 0 Å². The molecule has 1 aromatic heterocycles. The zero-order valence-corrected chi connectivity index (χ0v) is 19.5. The standard InChI is InChI=1S/C28H21Cl2N2O/c1-2-17-6-3-7-18(14-17)16-32-24-11-4-8-21(28(31)33)27(24)20-13-12-19(15-25(20)32)26-22(29)9-5-10-23(26)30/h3-12,14-15H,2,16H2,1H3,(H2,31,33). The SMILES string of the molecule is CCc1cccc(Cn2c3cc(-c4c(Cl)cccc4Cl)c[c]c3c3c(C(N)=O)cccc32)c1. The minimum absolute atomic E-state index is 0.459. The second-order valence-electron chi connectivity index (χ2n) is 8.07. The summed E-state index contributed by atoms with van der Waals surface area (Å²) >= 11 is 13.0. The molecule has 0 aliphatic carbocycles. The minimum Gasteiger partial charge on any atom is -0.366 e. The molecular formula is C28H21Cl2N2O. The van der Waals surface area contributed by atoms with E-state index >= 15 is 0 Å². The Morgan fingerprint density at radius 1 is 0.939 bits per heavy atom. The highest BCUT2D eigenvalue weighted by molar-refractivity contribution is 6.39. The summed E-state index contributed by atoms with van der Waals surface area (Å²) in [5.41, 5.74) is 12.2. The second-order valence-corrected chi connectivity index (χ2v) is 8.88. The molecule has 0 aliphatic heterocycles. The van der Waals surface area contributed by atoms with Gasteiger partial charge in [-0.2, -0.15) is 0 Å². The molecule has 0 saturated carbocycles. The van der Waals surface area contributed by atoms with Gasteiger partial charge in [0.25, 0.3) is 0 Å². The largest absolute Gasteiger partial charge is 0.366 e. The first-order valence-electron chi connectivity index (χ1n) is 10.8. The van der Waals surface area contributed by atoms with E-state index in [1.807, 2.05) is 36.4 Å². The minimum atomic E-state index is -0.459. The van der Waals surface area contributed by atoms with Gasteiger partial charge in [0, 0.05) is 38.5 Å². The molecule has 1 radical (unpaired) electrons. The highest BCUT2D eigenvalue weighted by atomic mass is 35.5. The fourth-order valence-electron chi connectivity index (χ4n) is 4.48. The summed E-state index contributed by atoms with van der Waals surface area (Å²) in [6.45, 7) is 2.79. The number of primary amides is 1. The maximum Gasteiger partial charge on any atom is 0.249 e. The molecule has 2 N–H and O–H groups in total. The van der Waals surface area contributed by atoms with Gasteiger partial charge in [0.15, 0.2) is 0 Å². The van der Waals surface area contributed by atoms with Gasteiger partial charge in [-0.25, -0.2) is 0 Å². The highest BCUT2D eigenvalue weighted by Crippen LogP contribution is 2.39. The van der Waals surface area contributed by atoms with E-state index in [-0.39, 0.29) is 0 Å². The Morgan fingerprint density at radius 3 is 2.36 bits per heavy atom. The molecule has 0 spiro atoms. The molecule has 5 rings (SSSR count).